The van der Waals surface area contributed by atoms with Crippen molar-refractivity contribution in [3.05, 3.63) is 57.3 Å². The van der Waals surface area contributed by atoms with E-state index in [2.05, 4.69) is 10.1 Å². The number of hydrogen-bond acceptors (Lipinski definition) is 9. The van der Waals surface area contributed by atoms with Gasteiger partial charge in [-0.05, 0) is 62.8 Å². The van der Waals surface area contributed by atoms with Gasteiger partial charge in [-0.3, -0.25) is 0 Å². The Morgan fingerprint density at radius 1 is 1.14 bits per heavy atom. The lowest BCUT2D eigenvalue weighted by Gasteiger charge is -2.31. The molecule has 4 aliphatic rings. The van der Waals surface area contributed by atoms with E-state index < -0.39 is 0 Å². The highest BCUT2D eigenvalue weighted by atomic mass is 35.5. The summed E-state index contributed by atoms with van der Waals surface area (Å²) < 4.78 is 24.5. The van der Waals surface area contributed by atoms with Crippen molar-refractivity contribution in [2.75, 3.05) is 18.6 Å². The minimum absolute atomic E-state index is 0.136. The molecule has 0 spiro atoms. The van der Waals surface area contributed by atoms with Crippen LogP contribution in [-0.4, -0.2) is 48.0 Å². The summed E-state index contributed by atoms with van der Waals surface area (Å²) in [6.07, 6.45) is 6.57. The zero-order valence-corrected chi connectivity index (χ0v) is 25.3. The third kappa shape index (κ3) is 4.75. The van der Waals surface area contributed by atoms with Crippen molar-refractivity contribution in [1.29, 1.82) is 0 Å². The lowest BCUT2D eigenvalue weighted by molar-refractivity contribution is 0.0122. The van der Waals surface area contributed by atoms with E-state index in [4.69, 9.17) is 46.9 Å². The largest absolute Gasteiger partial charge is 0.488 e. The zero-order valence-electron chi connectivity index (χ0n) is 23.0. The number of nitrogens with zero attached hydrogens (tertiary/aromatic N) is 3. The van der Waals surface area contributed by atoms with Crippen LogP contribution in [0, 0.1) is 5.92 Å². The van der Waals surface area contributed by atoms with Crippen LogP contribution in [0.15, 0.2) is 34.9 Å². The van der Waals surface area contributed by atoms with E-state index in [9.17, 15) is 4.79 Å². The van der Waals surface area contributed by atoms with E-state index in [1.54, 1.807) is 17.4 Å². The molecule has 1 saturated heterocycles. The molecule has 0 N–H and O–H groups in total. The van der Waals surface area contributed by atoms with Crippen molar-refractivity contribution >= 4 is 55.9 Å². The molecule has 3 heterocycles. The number of benzene rings is 2. The predicted octanol–water partition coefficient (Wildman–Crippen LogP) is 7.65. The second-order valence-corrected chi connectivity index (χ2v) is 13.6. The lowest BCUT2D eigenvalue weighted by atomic mass is 10.0. The smallest absolute Gasteiger partial charge is 0.338 e. The molecule has 2 bridgehead atoms. The normalized spacial score (nSPS) is 23.2. The maximum Gasteiger partial charge on any atom is 0.338 e. The van der Waals surface area contributed by atoms with Crippen molar-refractivity contribution in [3.8, 4) is 17.0 Å². The van der Waals surface area contributed by atoms with Gasteiger partial charge < -0.3 is 23.6 Å². The Kier molecular flexibility index (Phi) is 6.63. The number of halogens is 2. The molecule has 4 fully saturated rings. The Labute approximate surface area is 256 Å². The molecule has 4 aromatic rings. The topological polar surface area (TPSA) is 86.9 Å². The fourth-order valence-corrected chi connectivity index (χ4v) is 8.06. The van der Waals surface area contributed by atoms with Gasteiger partial charge in [-0.1, -0.05) is 45.8 Å². The van der Waals surface area contributed by atoms with E-state index >= 15 is 0 Å². The first-order valence-corrected chi connectivity index (χ1v) is 16.0. The van der Waals surface area contributed by atoms with Gasteiger partial charge in [-0.2, -0.15) is 0 Å². The quantitative estimate of drug-likeness (QED) is 0.175. The molecule has 8 rings (SSSR count). The van der Waals surface area contributed by atoms with Gasteiger partial charge in [-0.15, -0.1) is 0 Å². The van der Waals surface area contributed by atoms with Crippen LogP contribution in [0.5, 0.6) is 5.75 Å². The summed E-state index contributed by atoms with van der Waals surface area (Å²) in [6.45, 7) is 1.29. The molecule has 218 valence electrons. The molecule has 11 heteroatoms. The van der Waals surface area contributed by atoms with Gasteiger partial charge in [0.05, 0.1) is 46.2 Å². The van der Waals surface area contributed by atoms with Crippen LogP contribution in [0.1, 0.15) is 66.1 Å². The van der Waals surface area contributed by atoms with Gasteiger partial charge in [0.2, 0.25) is 0 Å². The van der Waals surface area contributed by atoms with Crippen LogP contribution < -0.4 is 9.64 Å². The first kappa shape index (κ1) is 26.8. The van der Waals surface area contributed by atoms with Crippen LogP contribution in [-0.2, 0) is 16.1 Å². The zero-order chi connectivity index (χ0) is 28.5. The molecule has 0 radical (unpaired) electrons. The summed E-state index contributed by atoms with van der Waals surface area (Å²) in [5, 5.41) is 6.47. The molecule has 42 heavy (non-hydrogen) atoms. The highest BCUT2D eigenvalue weighted by Crippen LogP contribution is 2.48. The number of carbonyl (C=O) groups is 1. The molecular weight excluding hydrogens is 597 g/mol. The number of thiazole rings is 1. The van der Waals surface area contributed by atoms with Gasteiger partial charge in [0.1, 0.15) is 22.7 Å². The monoisotopic (exact) mass is 625 g/mol. The fourth-order valence-electron chi connectivity index (χ4n) is 6.38. The van der Waals surface area contributed by atoms with E-state index in [1.807, 2.05) is 24.3 Å². The third-order valence-electron chi connectivity index (χ3n) is 8.82. The van der Waals surface area contributed by atoms with Gasteiger partial charge in [0.15, 0.2) is 5.13 Å². The van der Waals surface area contributed by atoms with Crippen LogP contribution >= 0.6 is 34.5 Å². The maximum absolute atomic E-state index is 12.3. The van der Waals surface area contributed by atoms with Crippen LogP contribution in [0.2, 0.25) is 10.0 Å². The van der Waals surface area contributed by atoms with Gasteiger partial charge in [0, 0.05) is 35.5 Å². The number of ether oxygens (including phenoxy) is 3. The molecular formula is C31H29Cl2N3O5S. The van der Waals surface area contributed by atoms with Gasteiger partial charge in [0.25, 0.3) is 0 Å². The van der Waals surface area contributed by atoms with Crippen molar-refractivity contribution in [3.63, 3.8) is 0 Å². The number of piperidine rings is 1. The summed E-state index contributed by atoms with van der Waals surface area (Å²) in [5.74, 6) is 1.97. The standard InChI is InChI=1S/C31H29Cl2N3O5S/c1-38-30(37)16-10-24(40-19-7-8-19)28-25(11-16)42-31(34-28)36-13-17-9-18(36)12-23(17)39-14-20-27(35-41-29(20)15-5-6-15)26-21(32)3-2-4-22(26)33/h2-4,10-11,15,17-19,23H,5-9,12-14H2,1H3/t17-,18-,23+/m0/s1. The number of carbonyl (C=O) groups excluding carboxylic acids is 1. The van der Waals surface area contributed by atoms with E-state index in [1.165, 1.54) is 7.11 Å². The first-order chi connectivity index (χ1) is 20.5. The number of anilines is 1. The predicted molar refractivity (Wildman–Crippen MR) is 161 cm³/mol. The Bertz CT molecular complexity index is 1680. The number of fused-ring (bicyclic) bond motifs is 3. The Balaban J connectivity index is 1.01. The molecule has 3 saturated carbocycles. The summed E-state index contributed by atoms with van der Waals surface area (Å²) in [4.78, 5) is 19.7. The number of aromatic nitrogens is 2. The molecule has 0 amide bonds. The van der Waals surface area contributed by atoms with Crippen LogP contribution in [0.4, 0.5) is 5.13 Å². The second-order valence-electron chi connectivity index (χ2n) is 11.8. The highest BCUT2D eigenvalue weighted by Gasteiger charge is 2.47. The van der Waals surface area contributed by atoms with Gasteiger partial charge in [-0.25, -0.2) is 9.78 Å². The van der Waals surface area contributed by atoms with Gasteiger partial charge >= 0.3 is 5.97 Å². The minimum Gasteiger partial charge on any atom is -0.488 e. The Morgan fingerprint density at radius 2 is 1.95 bits per heavy atom. The molecule has 2 aromatic heterocycles. The van der Waals surface area contributed by atoms with E-state index in [-0.39, 0.29) is 18.2 Å². The van der Waals surface area contributed by atoms with Crippen molar-refractivity contribution < 1.29 is 23.5 Å². The molecule has 0 unspecified atom stereocenters. The summed E-state index contributed by atoms with van der Waals surface area (Å²) >= 11 is 14.7. The number of esters is 1. The second kappa shape index (κ2) is 10.4. The van der Waals surface area contributed by atoms with Crippen LogP contribution in [0.25, 0.3) is 21.5 Å². The fraction of sp³-hybridized carbons (Fsp3) is 0.452. The maximum atomic E-state index is 12.3. The Hall–Kier alpha value is -2.85. The summed E-state index contributed by atoms with van der Waals surface area (Å²) in [7, 11) is 1.40. The molecule has 3 aliphatic carbocycles. The Morgan fingerprint density at radius 3 is 2.64 bits per heavy atom. The van der Waals surface area contributed by atoms with Crippen LogP contribution in [0.3, 0.4) is 0 Å². The SMILES string of the molecule is COC(=O)c1cc(OC2CC2)c2nc(N3C[C@@H]4C[C@H]3C[C@H]4OCc3c(-c4c(Cl)cccc4Cl)noc3C3CC3)sc2c1. The highest BCUT2D eigenvalue weighted by molar-refractivity contribution is 7.22. The molecule has 2 aromatic carbocycles. The third-order valence-corrected chi connectivity index (χ3v) is 10.5. The van der Waals surface area contributed by atoms with Crippen molar-refractivity contribution in [2.24, 2.45) is 5.92 Å². The number of rotatable bonds is 9. The lowest BCUT2D eigenvalue weighted by Crippen LogP contribution is -2.38. The number of hydrogen-bond donors (Lipinski definition) is 0. The summed E-state index contributed by atoms with van der Waals surface area (Å²) in [5.41, 5.74) is 3.65. The average molecular weight is 627 g/mol. The number of methoxy groups -OCH3 is 1. The molecule has 1 aliphatic heterocycles. The van der Waals surface area contributed by atoms with Crippen molar-refractivity contribution in [2.45, 2.75) is 69.3 Å². The van der Waals surface area contributed by atoms with E-state index in [0.29, 0.717) is 57.1 Å². The first-order valence-electron chi connectivity index (χ1n) is 14.5. The average Bonchev–Trinajstić information content (AvgIpc) is 3.81. The summed E-state index contributed by atoms with van der Waals surface area (Å²) in [6, 6.07) is 9.45. The molecule has 8 nitrogen and oxygen atoms in total. The van der Waals surface area contributed by atoms with Crippen molar-refractivity contribution in [1.82, 2.24) is 10.1 Å². The van der Waals surface area contributed by atoms with E-state index in [0.717, 1.165) is 71.7 Å². The minimum atomic E-state index is -0.370. The molecule has 3 atom stereocenters.